The molecule has 1 heterocycles. The molecule has 2 rings (SSSR count). The zero-order chi connectivity index (χ0) is 13.8. The van der Waals surface area contributed by atoms with Crippen LogP contribution in [-0.2, 0) is 11.2 Å². The van der Waals surface area contributed by atoms with Crippen molar-refractivity contribution in [3.05, 3.63) is 35.4 Å². The van der Waals surface area contributed by atoms with Gasteiger partial charge in [-0.15, -0.1) is 0 Å². The second-order valence-corrected chi connectivity index (χ2v) is 4.78. The van der Waals surface area contributed by atoms with Gasteiger partial charge in [-0.25, -0.2) is 0 Å². The van der Waals surface area contributed by atoms with Crippen LogP contribution in [0.2, 0.25) is 0 Å². The first kappa shape index (κ1) is 13.9. The van der Waals surface area contributed by atoms with E-state index < -0.39 is 0 Å². The smallest absolute Gasteiger partial charge is 0.160 e. The third-order valence-corrected chi connectivity index (χ3v) is 3.55. The largest absolute Gasteiger partial charge is 0.504 e. The Labute approximate surface area is 114 Å². The molecule has 0 amide bonds. The van der Waals surface area contributed by atoms with Crippen molar-refractivity contribution in [3.63, 3.8) is 0 Å². The number of aromatic hydroxyl groups is 1. The number of rotatable bonds is 4. The highest BCUT2D eigenvalue weighted by atomic mass is 16.5. The third kappa shape index (κ3) is 2.91. The number of nitrogens with zero attached hydrogens (tertiary/aromatic N) is 1. The molecule has 0 spiro atoms. The fourth-order valence-electron chi connectivity index (χ4n) is 2.49. The van der Waals surface area contributed by atoms with Gasteiger partial charge in [0.05, 0.1) is 19.8 Å². The number of benzene rings is 1. The Morgan fingerprint density at radius 3 is 2.89 bits per heavy atom. The van der Waals surface area contributed by atoms with Crippen molar-refractivity contribution in [2.45, 2.75) is 12.5 Å². The molecule has 0 fully saturated rings. The third-order valence-electron chi connectivity index (χ3n) is 3.55. The number of ether oxygens (including phenoxy) is 2. The van der Waals surface area contributed by atoms with E-state index in [4.69, 9.17) is 9.47 Å². The van der Waals surface area contributed by atoms with Gasteiger partial charge in [0, 0.05) is 13.7 Å². The van der Waals surface area contributed by atoms with Crippen molar-refractivity contribution >= 4 is 0 Å². The molecule has 1 aromatic carbocycles. The van der Waals surface area contributed by atoms with E-state index >= 15 is 0 Å². The standard InChI is InChI=1S/C15H21NO3/c1-16-7-6-11-9-15(19-3)14(17)10-12(11)13(16)5-4-8-18-2/h4-5,9-10,13,17H,6-8H2,1-3H3/b5-4+. The molecule has 4 heteroatoms. The molecule has 0 saturated carbocycles. The molecule has 1 N–H and O–H groups in total. The van der Waals surface area contributed by atoms with E-state index in [0.717, 1.165) is 18.5 Å². The van der Waals surface area contributed by atoms with Gasteiger partial charge >= 0.3 is 0 Å². The predicted molar refractivity (Wildman–Crippen MR) is 74.7 cm³/mol. The van der Waals surface area contributed by atoms with Crippen molar-refractivity contribution in [3.8, 4) is 11.5 Å². The lowest BCUT2D eigenvalue weighted by molar-refractivity contribution is 0.230. The summed E-state index contributed by atoms with van der Waals surface area (Å²) in [5.74, 6) is 0.740. The summed E-state index contributed by atoms with van der Waals surface area (Å²) in [6, 6.07) is 3.93. The van der Waals surface area contributed by atoms with Gasteiger partial charge in [-0.3, -0.25) is 4.90 Å². The minimum Gasteiger partial charge on any atom is -0.504 e. The zero-order valence-electron chi connectivity index (χ0n) is 11.7. The molecule has 0 aromatic heterocycles. The van der Waals surface area contributed by atoms with Gasteiger partial charge in [0.2, 0.25) is 0 Å². The number of phenolic OH excluding ortho intramolecular Hbond substituents is 1. The van der Waals surface area contributed by atoms with Crippen LogP contribution in [-0.4, -0.2) is 44.4 Å². The van der Waals surface area contributed by atoms with E-state index in [1.807, 2.05) is 18.2 Å². The van der Waals surface area contributed by atoms with E-state index in [1.165, 1.54) is 5.56 Å². The van der Waals surface area contributed by atoms with Gasteiger partial charge in [-0.05, 0) is 36.7 Å². The number of hydrogen-bond acceptors (Lipinski definition) is 4. The molecule has 0 bridgehead atoms. The molecule has 0 radical (unpaired) electrons. The van der Waals surface area contributed by atoms with E-state index in [9.17, 15) is 5.11 Å². The average molecular weight is 263 g/mol. The quantitative estimate of drug-likeness (QED) is 0.845. The van der Waals surface area contributed by atoms with Crippen LogP contribution < -0.4 is 4.74 Å². The molecule has 0 aliphatic carbocycles. The number of hydrogen-bond donors (Lipinski definition) is 1. The van der Waals surface area contributed by atoms with Crippen LogP contribution in [0, 0.1) is 0 Å². The number of fused-ring (bicyclic) bond motifs is 1. The fourth-order valence-corrected chi connectivity index (χ4v) is 2.49. The molecule has 4 nitrogen and oxygen atoms in total. The van der Waals surface area contributed by atoms with Gasteiger partial charge in [-0.1, -0.05) is 12.2 Å². The van der Waals surface area contributed by atoms with Crippen molar-refractivity contribution in [2.75, 3.05) is 34.4 Å². The van der Waals surface area contributed by atoms with Crippen LogP contribution in [0.3, 0.4) is 0 Å². The Hall–Kier alpha value is -1.52. The highest BCUT2D eigenvalue weighted by Gasteiger charge is 2.24. The first-order chi connectivity index (χ1) is 9.17. The fraction of sp³-hybridized carbons (Fsp3) is 0.467. The van der Waals surface area contributed by atoms with Gasteiger partial charge in [-0.2, -0.15) is 0 Å². The van der Waals surface area contributed by atoms with Crippen LogP contribution in [0.1, 0.15) is 17.2 Å². The van der Waals surface area contributed by atoms with Crippen LogP contribution in [0.4, 0.5) is 0 Å². The first-order valence-corrected chi connectivity index (χ1v) is 6.43. The van der Waals surface area contributed by atoms with Gasteiger partial charge in [0.25, 0.3) is 0 Å². The second kappa shape index (κ2) is 6.08. The van der Waals surface area contributed by atoms with E-state index in [2.05, 4.69) is 18.0 Å². The molecular formula is C15H21NO3. The topological polar surface area (TPSA) is 41.9 Å². The molecule has 104 valence electrons. The van der Waals surface area contributed by atoms with Crippen molar-refractivity contribution in [2.24, 2.45) is 0 Å². The van der Waals surface area contributed by atoms with Gasteiger partial charge < -0.3 is 14.6 Å². The Bertz CT molecular complexity index is 471. The highest BCUT2D eigenvalue weighted by Crippen LogP contribution is 2.37. The molecule has 0 saturated heterocycles. The highest BCUT2D eigenvalue weighted by molar-refractivity contribution is 5.49. The molecule has 19 heavy (non-hydrogen) atoms. The summed E-state index contributed by atoms with van der Waals surface area (Å²) in [6.07, 6.45) is 5.10. The Kier molecular flexibility index (Phi) is 4.45. The monoisotopic (exact) mass is 263 g/mol. The van der Waals surface area contributed by atoms with Crippen molar-refractivity contribution in [1.82, 2.24) is 4.90 Å². The molecule has 1 aromatic rings. The minimum atomic E-state index is 0.177. The summed E-state index contributed by atoms with van der Waals surface area (Å²) in [4.78, 5) is 2.26. The van der Waals surface area contributed by atoms with Gasteiger partial charge in [0.1, 0.15) is 0 Å². The average Bonchev–Trinajstić information content (AvgIpc) is 2.41. The molecule has 1 aliphatic heterocycles. The normalized spacial score (nSPS) is 19.6. The summed E-state index contributed by atoms with van der Waals surface area (Å²) in [5, 5.41) is 9.95. The lowest BCUT2D eigenvalue weighted by Gasteiger charge is -2.33. The molecule has 1 atom stereocenters. The maximum atomic E-state index is 9.95. The van der Waals surface area contributed by atoms with Crippen molar-refractivity contribution < 1.29 is 14.6 Å². The van der Waals surface area contributed by atoms with Crippen LogP contribution in [0.15, 0.2) is 24.3 Å². The number of likely N-dealkylation sites (N-methyl/N-ethyl adjacent to an activating group) is 1. The maximum absolute atomic E-state index is 9.95. The summed E-state index contributed by atoms with van der Waals surface area (Å²) >= 11 is 0. The van der Waals surface area contributed by atoms with Crippen LogP contribution in [0.25, 0.3) is 0 Å². The SMILES string of the molecule is COC/C=C/C1c2cc(O)c(OC)cc2CCN1C. The zero-order valence-corrected chi connectivity index (χ0v) is 11.7. The molecule has 1 unspecified atom stereocenters. The Balaban J connectivity index is 2.35. The summed E-state index contributed by atoms with van der Waals surface area (Å²) in [5.41, 5.74) is 2.37. The van der Waals surface area contributed by atoms with Crippen molar-refractivity contribution in [1.29, 1.82) is 0 Å². The predicted octanol–water partition coefficient (Wildman–Crippen LogP) is 2.13. The van der Waals surface area contributed by atoms with E-state index in [0.29, 0.717) is 12.4 Å². The van der Waals surface area contributed by atoms with E-state index in [-0.39, 0.29) is 11.8 Å². The van der Waals surface area contributed by atoms with Crippen LogP contribution >= 0.6 is 0 Å². The number of phenols is 1. The Morgan fingerprint density at radius 2 is 2.21 bits per heavy atom. The lowest BCUT2D eigenvalue weighted by atomic mass is 9.92. The van der Waals surface area contributed by atoms with E-state index in [1.54, 1.807) is 14.2 Å². The summed E-state index contributed by atoms with van der Waals surface area (Å²) in [7, 11) is 5.35. The summed E-state index contributed by atoms with van der Waals surface area (Å²) < 4.78 is 10.2. The Morgan fingerprint density at radius 1 is 1.42 bits per heavy atom. The maximum Gasteiger partial charge on any atom is 0.160 e. The molecular weight excluding hydrogens is 242 g/mol. The van der Waals surface area contributed by atoms with Gasteiger partial charge in [0.15, 0.2) is 11.5 Å². The lowest BCUT2D eigenvalue weighted by Crippen LogP contribution is -2.31. The molecule has 1 aliphatic rings. The van der Waals surface area contributed by atoms with Crippen LogP contribution in [0.5, 0.6) is 11.5 Å². The number of methoxy groups -OCH3 is 2. The second-order valence-electron chi connectivity index (χ2n) is 4.78. The minimum absolute atomic E-state index is 0.177. The summed E-state index contributed by atoms with van der Waals surface area (Å²) in [6.45, 7) is 1.59. The first-order valence-electron chi connectivity index (χ1n) is 6.43.